The van der Waals surface area contributed by atoms with Gasteiger partial charge in [-0.25, -0.2) is 0 Å². The number of hydrogen-bond donors (Lipinski definition) is 2. The van der Waals surface area contributed by atoms with Crippen LogP contribution in [0.1, 0.15) is 22.3 Å². The summed E-state index contributed by atoms with van der Waals surface area (Å²) < 4.78 is 0. The van der Waals surface area contributed by atoms with Gasteiger partial charge in [-0.1, -0.05) is 23.2 Å². The van der Waals surface area contributed by atoms with E-state index in [1.807, 2.05) is 19.0 Å². The molecule has 0 unspecified atom stereocenters. The average Bonchev–Trinajstić information content (AvgIpc) is 2.83. The summed E-state index contributed by atoms with van der Waals surface area (Å²) in [5, 5.41) is 13.9. The molecule has 0 aliphatic carbocycles. The number of carbonyl (C=O) groups is 2. The summed E-state index contributed by atoms with van der Waals surface area (Å²) in [5.74, 6) is -1.08. The number of nitrogens with one attached hydrogen (secondary N) is 1. The molecule has 0 saturated carbocycles. The van der Waals surface area contributed by atoms with Crippen molar-refractivity contribution >= 4 is 46.3 Å². The smallest absolute Gasteiger partial charge is 0.261 e. The Kier molecular flexibility index (Phi) is 4.49. The number of benzene rings is 2. The minimum absolute atomic E-state index is 0.143. The molecule has 1 atom stereocenters. The summed E-state index contributed by atoms with van der Waals surface area (Å²) >= 11 is 12.2. The third kappa shape index (κ3) is 2.99. The van der Waals surface area contributed by atoms with Crippen LogP contribution < -0.4 is 10.2 Å². The first-order chi connectivity index (χ1) is 11.7. The highest BCUT2D eigenvalue weighted by Crippen LogP contribution is 2.46. The van der Waals surface area contributed by atoms with Gasteiger partial charge in [-0.15, -0.1) is 0 Å². The van der Waals surface area contributed by atoms with E-state index in [2.05, 4.69) is 5.32 Å². The van der Waals surface area contributed by atoms with E-state index in [9.17, 15) is 14.7 Å². The van der Waals surface area contributed by atoms with Crippen LogP contribution in [0.4, 0.5) is 11.4 Å². The summed E-state index contributed by atoms with van der Waals surface area (Å²) in [6, 6.07) is 9.93. The number of halogens is 2. The standard InChI is InChI=1S/C18H16Cl2N2O3/c1-22(2)11-5-3-10(4-6-11)14(23)9-18(25)15-12(19)7-8-13(20)16(15)21-17(18)24/h3-8,25H,9H2,1-2H3,(H,21,24)/t18-/m0/s1. The molecule has 5 nitrogen and oxygen atoms in total. The van der Waals surface area contributed by atoms with Crippen molar-refractivity contribution in [1.29, 1.82) is 0 Å². The second kappa shape index (κ2) is 6.33. The minimum atomic E-state index is -2.05. The lowest BCUT2D eigenvalue weighted by Gasteiger charge is -2.21. The van der Waals surface area contributed by atoms with E-state index in [1.165, 1.54) is 12.1 Å². The van der Waals surface area contributed by atoms with Crippen molar-refractivity contribution in [2.45, 2.75) is 12.0 Å². The quantitative estimate of drug-likeness (QED) is 0.799. The normalized spacial score (nSPS) is 18.7. The fourth-order valence-electron chi connectivity index (χ4n) is 2.86. The van der Waals surface area contributed by atoms with Crippen LogP contribution in [-0.2, 0) is 10.4 Å². The van der Waals surface area contributed by atoms with Crippen molar-refractivity contribution < 1.29 is 14.7 Å². The number of anilines is 2. The van der Waals surface area contributed by atoms with Crippen LogP contribution in [0.3, 0.4) is 0 Å². The molecule has 1 aliphatic heterocycles. The van der Waals surface area contributed by atoms with Crippen LogP contribution in [0.2, 0.25) is 10.0 Å². The number of rotatable bonds is 4. The van der Waals surface area contributed by atoms with Crippen molar-refractivity contribution in [3.05, 3.63) is 57.6 Å². The first-order valence-corrected chi connectivity index (χ1v) is 8.32. The summed E-state index contributed by atoms with van der Waals surface area (Å²) in [7, 11) is 3.79. The molecule has 1 amide bonds. The number of ketones is 1. The third-order valence-electron chi connectivity index (χ3n) is 4.25. The van der Waals surface area contributed by atoms with Gasteiger partial charge in [-0.3, -0.25) is 9.59 Å². The van der Waals surface area contributed by atoms with Gasteiger partial charge in [-0.05, 0) is 36.4 Å². The fourth-order valence-corrected chi connectivity index (χ4v) is 3.38. The van der Waals surface area contributed by atoms with E-state index in [-0.39, 0.29) is 27.1 Å². The van der Waals surface area contributed by atoms with Crippen LogP contribution in [0.25, 0.3) is 0 Å². The molecular formula is C18H16Cl2N2O3. The zero-order chi connectivity index (χ0) is 18.4. The molecule has 2 aromatic carbocycles. The average molecular weight is 379 g/mol. The lowest BCUT2D eigenvalue weighted by atomic mass is 9.88. The molecule has 1 heterocycles. The van der Waals surface area contributed by atoms with Crippen molar-refractivity contribution in [1.82, 2.24) is 0 Å². The maximum absolute atomic E-state index is 12.6. The molecule has 2 aromatic rings. The van der Waals surface area contributed by atoms with Crippen LogP contribution in [-0.4, -0.2) is 30.9 Å². The van der Waals surface area contributed by atoms with E-state index in [0.717, 1.165) is 5.69 Å². The van der Waals surface area contributed by atoms with Gasteiger partial charge < -0.3 is 15.3 Å². The van der Waals surface area contributed by atoms with E-state index in [4.69, 9.17) is 23.2 Å². The predicted octanol–water partition coefficient (Wildman–Crippen LogP) is 3.47. The molecule has 130 valence electrons. The minimum Gasteiger partial charge on any atom is -0.378 e. The molecule has 7 heteroatoms. The molecule has 0 radical (unpaired) electrons. The maximum Gasteiger partial charge on any atom is 0.261 e. The molecule has 1 aliphatic rings. The number of carbonyl (C=O) groups excluding carboxylic acids is 2. The molecule has 2 N–H and O–H groups in total. The van der Waals surface area contributed by atoms with Crippen LogP contribution >= 0.6 is 23.2 Å². The lowest BCUT2D eigenvalue weighted by molar-refractivity contribution is -0.133. The Labute approximate surface area is 155 Å². The SMILES string of the molecule is CN(C)c1ccc(C(=O)C[C@@]2(O)C(=O)Nc3c(Cl)ccc(Cl)c32)cc1. The van der Waals surface area contributed by atoms with Gasteiger partial charge in [-0.2, -0.15) is 0 Å². The topological polar surface area (TPSA) is 69.6 Å². The molecule has 0 aromatic heterocycles. The number of nitrogens with zero attached hydrogens (tertiary/aromatic N) is 1. The summed E-state index contributed by atoms with van der Waals surface area (Å²) in [6.07, 6.45) is -0.423. The number of Topliss-reactive ketones (excluding diaryl/α,β-unsaturated/α-hetero) is 1. The van der Waals surface area contributed by atoms with Crippen molar-refractivity contribution in [3.8, 4) is 0 Å². The van der Waals surface area contributed by atoms with Crippen LogP contribution in [0, 0.1) is 0 Å². The first kappa shape index (κ1) is 17.7. The third-order valence-corrected chi connectivity index (χ3v) is 4.88. The summed E-state index contributed by atoms with van der Waals surface area (Å²) in [5.41, 5.74) is -0.316. The van der Waals surface area contributed by atoms with Gasteiger partial charge >= 0.3 is 0 Å². The number of fused-ring (bicyclic) bond motifs is 1. The van der Waals surface area contributed by atoms with Crippen LogP contribution in [0.15, 0.2) is 36.4 Å². The zero-order valence-corrected chi connectivity index (χ0v) is 15.1. The maximum atomic E-state index is 12.6. The monoisotopic (exact) mass is 378 g/mol. The highest BCUT2D eigenvalue weighted by Gasteiger charge is 2.49. The Morgan fingerprint density at radius 1 is 1.12 bits per heavy atom. The van der Waals surface area contributed by atoms with Crippen molar-refractivity contribution in [3.63, 3.8) is 0 Å². The Morgan fingerprint density at radius 3 is 2.32 bits per heavy atom. The van der Waals surface area contributed by atoms with Gasteiger partial charge in [0.2, 0.25) is 0 Å². The Bertz CT molecular complexity index is 865. The van der Waals surface area contributed by atoms with Gasteiger partial charge in [0.1, 0.15) is 0 Å². The van der Waals surface area contributed by atoms with Crippen molar-refractivity contribution in [2.75, 3.05) is 24.3 Å². The second-order valence-corrected chi connectivity index (χ2v) is 6.95. The molecule has 0 spiro atoms. The fraction of sp³-hybridized carbons (Fsp3) is 0.222. The van der Waals surface area contributed by atoms with Gasteiger partial charge in [0.15, 0.2) is 11.4 Å². The highest BCUT2D eigenvalue weighted by atomic mass is 35.5. The molecule has 0 saturated heterocycles. The van der Waals surface area contributed by atoms with E-state index < -0.39 is 17.9 Å². The number of hydrogen-bond acceptors (Lipinski definition) is 4. The second-order valence-electron chi connectivity index (χ2n) is 6.13. The Balaban J connectivity index is 1.94. The lowest BCUT2D eigenvalue weighted by Crippen LogP contribution is -2.36. The van der Waals surface area contributed by atoms with Crippen LogP contribution in [0.5, 0.6) is 0 Å². The summed E-state index contributed by atoms with van der Waals surface area (Å²) in [4.78, 5) is 26.8. The largest absolute Gasteiger partial charge is 0.378 e. The molecule has 3 rings (SSSR count). The predicted molar refractivity (Wildman–Crippen MR) is 98.7 cm³/mol. The first-order valence-electron chi connectivity index (χ1n) is 7.57. The Hall–Kier alpha value is -2.08. The number of aliphatic hydroxyl groups is 1. The van der Waals surface area contributed by atoms with E-state index in [1.54, 1.807) is 24.3 Å². The van der Waals surface area contributed by atoms with Gasteiger partial charge in [0, 0.05) is 35.9 Å². The van der Waals surface area contributed by atoms with E-state index >= 15 is 0 Å². The van der Waals surface area contributed by atoms with Crippen molar-refractivity contribution in [2.24, 2.45) is 0 Å². The van der Waals surface area contributed by atoms with Gasteiger partial charge in [0.05, 0.1) is 17.1 Å². The molecule has 0 bridgehead atoms. The van der Waals surface area contributed by atoms with Gasteiger partial charge in [0.25, 0.3) is 5.91 Å². The molecular weight excluding hydrogens is 363 g/mol. The Morgan fingerprint density at radius 2 is 1.72 bits per heavy atom. The van der Waals surface area contributed by atoms with E-state index in [0.29, 0.717) is 5.56 Å². The highest BCUT2D eigenvalue weighted by molar-refractivity contribution is 6.38. The number of amides is 1. The zero-order valence-electron chi connectivity index (χ0n) is 13.6. The molecule has 25 heavy (non-hydrogen) atoms. The molecule has 0 fully saturated rings. The summed E-state index contributed by atoms with van der Waals surface area (Å²) in [6.45, 7) is 0.